The lowest BCUT2D eigenvalue weighted by atomic mass is 10.1. The summed E-state index contributed by atoms with van der Waals surface area (Å²) in [6.07, 6.45) is 4.10. The second kappa shape index (κ2) is 2.92. The van der Waals surface area contributed by atoms with Crippen molar-refractivity contribution in [2.75, 3.05) is 0 Å². The lowest BCUT2D eigenvalue weighted by molar-refractivity contribution is -0.108. The van der Waals surface area contributed by atoms with Gasteiger partial charge in [0.2, 0.25) is 0 Å². The molecule has 1 aliphatic rings. The Morgan fingerprint density at radius 1 is 1.53 bits per heavy atom. The van der Waals surface area contributed by atoms with Crippen LogP contribution in [0.5, 0.6) is 0 Å². The molecule has 0 spiro atoms. The van der Waals surface area contributed by atoms with Crippen LogP contribution in [0.15, 0.2) is 24.4 Å². The van der Waals surface area contributed by atoms with Crippen LogP contribution in [-0.2, 0) is 11.8 Å². The number of hydrogen-bond acceptors (Lipinski definition) is 2. The van der Waals surface area contributed by atoms with Crippen molar-refractivity contribution in [3.8, 4) is 0 Å². The smallest absolute Gasteiger partial charge is 0.123 e. The standard InChI is InChI=1S/C12H12N2O/c1-14-6-11-9(10-5-8(10)7-15)3-2-4-12(11)13-14/h2-4,6-8,10H,5H2,1H3. The molecule has 0 aliphatic heterocycles. The van der Waals surface area contributed by atoms with Crippen LogP contribution < -0.4 is 0 Å². The van der Waals surface area contributed by atoms with Gasteiger partial charge < -0.3 is 4.79 Å². The van der Waals surface area contributed by atoms with Gasteiger partial charge in [0.15, 0.2) is 0 Å². The van der Waals surface area contributed by atoms with E-state index in [0.29, 0.717) is 5.92 Å². The molecule has 1 aromatic carbocycles. The normalized spacial score (nSPS) is 24.3. The zero-order valence-corrected chi connectivity index (χ0v) is 8.55. The summed E-state index contributed by atoms with van der Waals surface area (Å²) in [5.41, 5.74) is 2.30. The van der Waals surface area contributed by atoms with E-state index in [2.05, 4.69) is 11.2 Å². The Morgan fingerprint density at radius 3 is 3.13 bits per heavy atom. The highest BCUT2D eigenvalue weighted by Gasteiger charge is 2.39. The Balaban J connectivity index is 2.14. The van der Waals surface area contributed by atoms with Gasteiger partial charge in [-0.2, -0.15) is 5.10 Å². The van der Waals surface area contributed by atoms with Gasteiger partial charge in [-0.15, -0.1) is 0 Å². The molecule has 0 radical (unpaired) electrons. The summed E-state index contributed by atoms with van der Waals surface area (Å²) >= 11 is 0. The van der Waals surface area contributed by atoms with Crippen LogP contribution in [0.2, 0.25) is 0 Å². The van der Waals surface area contributed by atoms with Crippen LogP contribution in [0, 0.1) is 5.92 Å². The molecule has 15 heavy (non-hydrogen) atoms. The zero-order chi connectivity index (χ0) is 10.4. The second-order valence-corrected chi connectivity index (χ2v) is 4.22. The predicted octanol–water partition coefficient (Wildman–Crippen LogP) is 1.88. The molecule has 1 fully saturated rings. The molecule has 2 aromatic rings. The molecule has 0 N–H and O–H groups in total. The molecule has 3 nitrogen and oxygen atoms in total. The minimum Gasteiger partial charge on any atom is -0.303 e. The summed E-state index contributed by atoms with van der Waals surface area (Å²) in [5, 5.41) is 5.55. The number of aromatic nitrogens is 2. The van der Waals surface area contributed by atoms with Gasteiger partial charge in [0, 0.05) is 24.5 Å². The molecule has 1 aliphatic carbocycles. The van der Waals surface area contributed by atoms with Crippen LogP contribution in [0.25, 0.3) is 10.9 Å². The second-order valence-electron chi connectivity index (χ2n) is 4.22. The maximum atomic E-state index is 10.7. The molecule has 2 unspecified atom stereocenters. The lowest BCUT2D eigenvalue weighted by Gasteiger charge is -1.98. The Labute approximate surface area is 87.7 Å². The Bertz CT molecular complexity index is 529. The van der Waals surface area contributed by atoms with E-state index in [4.69, 9.17) is 0 Å². The van der Waals surface area contributed by atoms with E-state index < -0.39 is 0 Å². The summed E-state index contributed by atoms with van der Waals surface area (Å²) < 4.78 is 1.83. The van der Waals surface area contributed by atoms with Gasteiger partial charge in [0.25, 0.3) is 0 Å². The molecule has 0 amide bonds. The Hall–Kier alpha value is -1.64. The third kappa shape index (κ3) is 1.27. The molecule has 1 heterocycles. The van der Waals surface area contributed by atoms with Crippen molar-refractivity contribution in [2.45, 2.75) is 12.3 Å². The molecule has 76 valence electrons. The fourth-order valence-corrected chi connectivity index (χ4v) is 2.23. The zero-order valence-electron chi connectivity index (χ0n) is 8.55. The predicted molar refractivity (Wildman–Crippen MR) is 57.6 cm³/mol. The van der Waals surface area contributed by atoms with Crippen LogP contribution in [-0.4, -0.2) is 16.1 Å². The summed E-state index contributed by atoms with van der Waals surface area (Å²) in [7, 11) is 1.92. The topological polar surface area (TPSA) is 34.9 Å². The summed E-state index contributed by atoms with van der Waals surface area (Å²) in [5.74, 6) is 0.659. The first-order valence-corrected chi connectivity index (χ1v) is 5.17. The van der Waals surface area contributed by atoms with Gasteiger partial charge >= 0.3 is 0 Å². The first-order chi connectivity index (χ1) is 7.29. The summed E-state index contributed by atoms with van der Waals surface area (Å²) in [4.78, 5) is 10.7. The van der Waals surface area contributed by atoms with Gasteiger partial charge in [-0.25, -0.2) is 0 Å². The maximum absolute atomic E-state index is 10.7. The third-order valence-electron chi connectivity index (χ3n) is 3.11. The monoisotopic (exact) mass is 200 g/mol. The molecule has 2 atom stereocenters. The summed E-state index contributed by atoms with van der Waals surface area (Å²) in [6.45, 7) is 0. The van der Waals surface area contributed by atoms with E-state index in [1.54, 1.807) is 0 Å². The molecular formula is C12H12N2O. The number of hydrogen-bond donors (Lipinski definition) is 0. The number of nitrogens with zero attached hydrogens (tertiary/aromatic N) is 2. The third-order valence-corrected chi connectivity index (χ3v) is 3.11. The highest BCUT2D eigenvalue weighted by molar-refractivity contribution is 5.83. The number of carbonyl (C=O) groups is 1. The van der Waals surface area contributed by atoms with Gasteiger partial charge in [0.05, 0.1) is 5.52 Å². The first-order valence-electron chi connectivity index (χ1n) is 5.17. The summed E-state index contributed by atoms with van der Waals surface area (Å²) in [6, 6.07) is 6.14. The molecule has 3 heteroatoms. The minimum absolute atomic E-state index is 0.232. The highest BCUT2D eigenvalue weighted by Crippen LogP contribution is 2.47. The van der Waals surface area contributed by atoms with Gasteiger partial charge in [-0.3, -0.25) is 4.68 Å². The number of rotatable bonds is 2. The number of aldehydes is 1. The lowest BCUT2D eigenvalue weighted by Crippen LogP contribution is -1.85. The minimum atomic E-state index is 0.232. The van der Waals surface area contributed by atoms with E-state index in [9.17, 15) is 4.79 Å². The van der Waals surface area contributed by atoms with Crippen LogP contribution in [0.1, 0.15) is 17.9 Å². The van der Waals surface area contributed by atoms with Crippen LogP contribution in [0.4, 0.5) is 0 Å². The van der Waals surface area contributed by atoms with E-state index in [1.807, 2.05) is 30.1 Å². The fourth-order valence-electron chi connectivity index (χ4n) is 2.23. The van der Waals surface area contributed by atoms with Gasteiger partial charge in [0.1, 0.15) is 6.29 Å². The average Bonchev–Trinajstić information content (AvgIpc) is 2.91. The number of fused-ring (bicyclic) bond motifs is 1. The number of benzene rings is 1. The average molecular weight is 200 g/mol. The van der Waals surface area contributed by atoms with Gasteiger partial charge in [-0.1, -0.05) is 12.1 Å². The molecular weight excluding hydrogens is 188 g/mol. The maximum Gasteiger partial charge on any atom is 0.123 e. The van der Waals surface area contributed by atoms with E-state index >= 15 is 0 Å². The molecule has 3 rings (SSSR count). The molecule has 0 saturated heterocycles. The fraction of sp³-hybridized carbons (Fsp3) is 0.333. The SMILES string of the molecule is Cn1cc2c(C3CC3C=O)cccc2n1. The van der Waals surface area contributed by atoms with Crippen LogP contribution in [0.3, 0.4) is 0 Å². The number of carbonyl (C=O) groups excluding carboxylic acids is 1. The van der Waals surface area contributed by atoms with Crippen molar-refractivity contribution in [3.05, 3.63) is 30.0 Å². The van der Waals surface area contributed by atoms with E-state index in [0.717, 1.165) is 18.2 Å². The Morgan fingerprint density at radius 2 is 2.40 bits per heavy atom. The Kier molecular flexibility index (Phi) is 1.69. The quantitative estimate of drug-likeness (QED) is 0.694. The van der Waals surface area contributed by atoms with Crippen molar-refractivity contribution in [1.29, 1.82) is 0 Å². The van der Waals surface area contributed by atoms with E-state index in [1.165, 1.54) is 10.9 Å². The van der Waals surface area contributed by atoms with Crippen molar-refractivity contribution < 1.29 is 4.79 Å². The van der Waals surface area contributed by atoms with E-state index in [-0.39, 0.29) is 5.92 Å². The highest BCUT2D eigenvalue weighted by atomic mass is 16.1. The van der Waals surface area contributed by atoms with Crippen molar-refractivity contribution in [2.24, 2.45) is 13.0 Å². The van der Waals surface area contributed by atoms with Gasteiger partial charge in [-0.05, 0) is 24.0 Å². The van der Waals surface area contributed by atoms with Crippen LogP contribution >= 0.6 is 0 Å². The molecule has 1 aromatic heterocycles. The molecule has 0 bridgehead atoms. The number of aryl methyl sites for hydroxylation is 1. The van der Waals surface area contributed by atoms with Crippen molar-refractivity contribution >= 4 is 17.2 Å². The first kappa shape index (κ1) is 8.65. The molecule has 1 saturated carbocycles. The largest absolute Gasteiger partial charge is 0.303 e. The van der Waals surface area contributed by atoms with Crippen molar-refractivity contribution in [3.63, 3.8) is 0 Å². The van der Waals surface area contributed by atoms with Crippen molar-refractivity contribution in [1.82, 2.24) is 9.78 Å².